The van der Waals surface area contributed by atoms with E-state index in [1.807, 2.05) is 19.9 Å². The Morgan fingerprint density at radius 2 is 1.87 bits per heavy atom. The molecule has 6 rings (SSSR count). The van der Waals surface area contributed by atoms with Crippen molar-refractivity contribution in [3.63, 3.8) is 0 Å². The Balaban J connectivity index is 1.46. The summed E-state index contributed by atoms with van der Waals surface area (Å²) in [5, 5.41) is 20.8. The number of aliphatic hydroxyl groups excluding tert-OH is 1. The molecule has 1 aliphatic rings. The number of carbonyl (C=O) groups excluding carboxylic acids is 2. The third-order valence-electron chi connectivity index (χ3n) is 7.40. The molecule has 0 bridgehead atoms. The van der Waals surface area contributed by atoms with Crippen molar-refractivity contribution in [1.29, 1.82) is 0 Å². The Bertz CT molecular complexity index is 1980. The molecule has 1 aliphatic heterocycles. The van der Waals surface area contributed by atoms with Crippen molar-refractivity contribution in [2.45, 2.75) is 36.9 Å². The molecule has 0 spiro atoms. The molecule has 0 radical (unpaired) electrons. The highest BCUT2D eigenvalue weighted by atomic mass is 32.2. The van der Waals surface area contributed by atoms with Gasteiger partial charge < -0.3 is 14.6 Å². The fourth-order valence-corrected chi connectivity index (χ4v) is 7.11. The third kappa shape index (κ3) is 5.88. The van der Waals surface area contributed by atoms with E-state index in [4.69, 9.17) is 9.47 Å². The van der Waals surface area contributed by atoms with Gasteiger partial charge in [0.2, 0.25) is 5.13 Å². The minimum absolute atomic E-state index is 0.0926. The predicted octanol–water partition coefficient (Wildman–Crippen LogP) is 6.68. The van der Waals surface area contributed by atoms with E-state index in [1.165, 1.54) is 33.6 Å². The summed E-state index contributed by atoms with van der Waals surface area (Å²) in [6, 6.07) is 17.8. The molecule has 4 heterocycles. The standard InChI is InChI=1S/C34H31N5O5S2/c1-5-17-44-24-15-14-23(18-25(24)43-6-2)29-27(30(40)28-21(4)35-26-9-7-8-16-38(26)28)31(41)32(42)39(29)33-36-37-34(46-33)45-19-22-12-10-20(3)11-13-22/h5,7-16,18,29,40H,1,6,17,19H2,2-4H3/b30-27+. The SMILES string of the molecule is C=CCOc1ccc(C2/C(=C(\O)c3c(C)nc4ccccn34)C(=O)C(=O)N2c2nnc(SCc3ccc(C)cc3)s2)cc1OCC. The molecule has 1 fully saturated rings. The van der Waals surface area contributed by atoms with Crippen molar-refractivity contribution in [2.75, 3.05) is 18.1 Å². The summed E-state index contributed by atoms with van der Waals surface area (Å²) in [6.45, 7) is 9.95. The molecule has 10 nitrogen and oxygen atoms in total. The van der Waals surface area contributed by atoms with Crippen molar-refractivity contribution < 1.29 is 24.2 Å². The first-order valence-electron chi connectivity index (χ1n) is 14.6. The largest absolute Gasteiger partial charge is 0.505 e. The van der Waals surface area contributed by atoms with Crippen LogP contribution in [0.15, 0.2) is 89.4 Å². The Morgan fingerprint density at radius 1 is 1.07 bits per heavy atom. The maximum atomic E-state index is 13.9. The number of aryl methyl sites for hydroxylation is 2. The van der Waals surface area contributed by atoms with Crippen LogP contribution in [0.1, 0.15) is 41.0 Å². The first-order valence-corrected chi connectivity index (χ1v) is 16.4. The van der Waals surface area contributed by atoms with E-state index in [9.17, 15) is 14.7 Å². The van der Waals surface area contributed by atoms with Crippen LogP contribution in [0.2, 0.25) is 0 Å². The normalized spacial score (nSPS) is 15.9. The van der Waals surface area contributed by atoms with E-state index in [1.54, 1.807) is 53.9 Å². The van der Waals surface area contributed by atoms with Crippen molar-refractivity contribution in [3.8, 4) is 11.5 Å². The van der Waals surface area contributed by atoms with Crippen LogP contribution < -0.4 is 14.4 Å². The number of ketones is 1. The first-order chi connectivity index (χ1) is 22.3. The summed E-state index contributed by atoms with van der Waals surface area (Å²) >= 11 is 2.70. The van der Waals surface area contributed by atoms with Gasteiger partial charge in [0.15, 0.2) is 21.6 Å². The van der Waals surface area contributed by atoms with Gasteiger partial charge in [0, 0.05) is 11.9 Å². The van der Waals surface area contributed by atoms with Crippen LogP contribution >= 0.6 is 23.1 Å². The highest BCUT2D eigenvalue weighted by Gasteiger charge is 2.49. The summed E-state index contributed by atoms with van der Waals surface area (Å²) in [7, 11) is 0. The van der Waals surface area contributed by atoms with Crippen LogP contribution in [0.3, 0.4) is 0 Å². The topological polar surface area (TPSA) is 119 Å². The average Bonchev–Trinajstić information content (AvgIpc) is 3.73. The lowest BCUT2D eigenvalue weighted by Crippen LogP contribution is -2.29. The number of imidazole rings is 1. The van der Waals surface area contributed by atoms with Crippen LogP contribution in [-0.4, -0.2) is 49.6 Å². The fraction of sp³-hybridized carbons (Fsp3) is 0.206. The smallest absolute Gasteiger partial charge is 0.301 e. The third-order valence-corrected chi connectivity index (χ3v) is 9.52. The van der Waals surface area contributed by atoms with Crippen LogP contribution in [-0.2, 0) is 15.3 Å². The van der Waals surface area contributed by atoms with Gasteiger partial charge in [-0.1, -0.05) is 77.7 Å². The summed E-state index contributed by atoms with van der Waals surface area (Å²) < 4.78 is 14.0. The summed E-state index contributed by atoms with van der Waals surface area (Å²) in [4.78, 5) is 33.6. The molecule has 0 aliphatic carbocycles. The molecule has 2 aromatic carbocycles. The molecule has 46 heavy (non-hydrogen) atoms. The summed E-state index contributed by atoms with van der Waals surface area (Å²) in [5.41, 5.74) is 4.14. The van der Waals surface area contributed by atoms with E-state index in [0.717, 1.165) is 5.56 Å². The maximum absolute atomic E-state index is 13.9. The van der Waals surface area contributed by atoms with Gasteiger partial charge >= 0.3 is 5.91 Å². The lowest BCUT2D eigenvalue weighted by Gasteiger charge is -2.23. The number of thioether (sulfide) groups is 1. The van der Waals surface area contributed by atoms with E-state index in [0.29, 0.717) is 50.8 Å². The van der Waals surface area contributed by atoms with E-state index < -0.39 is 17.7 Å². The zero-order chi connectivity index (χ0) is 32.4. The summed E-state index contributed by atoms with van der Waals surface area (Å²) in [6.07, 6.45) is 3.37. The molecule has 1 N–H and O–H groups in total. The lowest BCUT2D eigenvalue weighted by atomic mass is 9.96. The monoisotopic (exact) mass is 653 g/mol. The first kappa shape index (κ1) is 31.1. The number of hydrogen-bond acceptors (Lipinski definition) is 10. The van der Waals surface area contributed by atoms with E-state index in [-0.39, 0.29) is 23.1 Å². The summed E-state index contributed by atoms with van der Waals surface area (Å²) in [5.74, 6) is -0.452. The maximum Gasteiger partial charge on any atom is 0.301 e. The van der Waals surface area contributed by atoms with Crippen LogP contribution in [0.25, 0.3) is 11.4 Å². The Hall–Kier alpha value is -4.94. The molecule has 0 saturated carbocycles. The number of carbonyl (C=O) groups is 2. The Kier molecular flexibility index (Phi) is 8.91. The van der Waals surface area contributed by atoms with Gasteiger partial charge in [0.1, 0.15) is 17.9 Å². The number of pyridine rings is 1. The second-order valence-corrected chi connectivity index (χ2v) is 12.7. The number of aromatic nitrogens is 4. The van der Waals surface area contributed by atoms with Gasteiger partial charge in [-0.3, -0.25) is 18.9 Å². The number of aliphatic hydroxyl groups is 1. The number of amides is 1. The number of Topliss-reactive ketones (excluding diaryl/α,β-unsaturated/α-hetero) is 1. The predicted molar refractivity (Wildman–Crippen MR) is 179 cm³/mol. The van der Waals surface area contributed by atoms with Crippen LogP contribution in [0.4, 0.5) is 5.13 Å². The highest BCUT2D eigenvalue weighted by molar-refractivity contribution is 8.00. The number of ether oxygens (including phenoxy) is 2. The van der Waals surface area contributed by atoms with Crippen LogP contribution in [0, 0.1) is 13.8 Å². The van der Waals surface area contributed by atoms with Crippen molar-refractivity contribution in [2.24, 2.45) is 0 Å². The fourth-order valence-electron chi connectivity index (χ4n) is 5.29. The molecule has 234 valence electrons. The Labute approximate surface area is 274 Å². The number of hydrogen-bond donors (Lipinski definition) is 1. The molecular weight excluding hydrogens is 623 g/mol. The molecular formula is C34H31N5O5S2. The number of benzene rings is 2. The van der Waals surface area contributed by atoms with E-state index in [2.05, 4.69) is 46.0 Å². The minimum Gasteiger partial charge on any atom is -0.505 e. The number of nitrogens with zero attached hydrogens (tertiary/aromatic N) is 5. The van der Waals surface area contributed by atoms with Gasteiger partial charge in [0.05, 0.1) is 23.9 Å². The van der Waals surface area contributed by atoms with Gasteiger partial charge in [0.25, 0.3) is 5.78 Å². The molecule has 1 atom stereocenters. The minimum atomic E-state index is -1.04. The second-order valence-electron chi connectivity index (χ2n) is 10.5. The quantitative estimate of drug-likeness (QED) is 0.0416. The van der Waals surface area contributed by atoms with Crippen molar-refractivity contribution in [3.05, 3.63) is 113 Å². The van der Waals surface area contributed by atoms with Crippen molar-refractivity contribution in [1.82, 2.24) is 19.6 Å². The average molecular weight is 654 g/mol. The van der Waals surface area contributed by atoms with Crippen molar-refractivity contribution >= 4 is 51.3 Å². The number of fused-ring (bicyclic) bond motifs is 1. The molecule has 1 saturated heterocycles. The molecule has 5 aromatic rings. The molecule has 1 unspecified atom stereocenters. The highest BCUT2D eigenvalue weighted by Crippen LogP contribution is 2.46. The van der Waals surface area contributed by atoms with Gasteiger partial charge in [-0.05, 0) is 56.2 Å². The second kappa shape index (κ2) is 13.2. The molecule has 1 amide bonds. The van der Waals surface area contributed by atoms with Crippen LogP contribution in [0.5, 0.6) is 11.5 Å². The molecule has 12 heteroatoms. The number of anilines is 1. The number of rotatable bonds is 11. The van der Waals surface area contributed by atoms with Gasteiger partial charge in [-0.25, -0.2) is 4.98 Å². The van der Waals surface area contributed by atoms with E-state index >= 15 is 0 Å². The zero-order valence-corrected chi connectivity index (χ0v) is 27.1. The zero-order valence-electron chi connectivity index (χ0n) is 25.5. The lowest BCUT2D eigenvalue weighted by molar-refractivity contribution is -0.132. The molecule has 3 aromatic heterocycles. The van der Waals surface area contributed by atoms with Gasteiger partial charge in [-0.2, -0.15) is 0 Å². The van der Waals surface area contributed by atoms with Gasteiger partial charge in [-0.15, -0.1) is 10.2 Å². The Morgan fingerprint density at radius 3 is 2.63 bits per heavy atom.